The first kappa shape index (κ1) is 24.4. The van der Waals surface area contributed by atoms with Crippen molar-refractivity contribution in [3.05, 3.63) is 83.8 Å². The molecular weight excluding hydrogens is 440 g/mol. The molecule has 35 heavy (non-hydrogen) atoms. The van der Waals surface area contributed by atoms with Crippen molar-refractivity contribution in [1.29, 1.82) is 0 Å². The first-order chi connectivity index (χ1) is 16.8. The topological polar surface area (TPSA) is 84.4 Å². The summed E-state index contributed by atoms with van der Waals surface area (Å²) in [7, 11) is 0. The van der Waals surface area contributed by atoms with Crippen LogP contribution < -0.4 is 10.1 Å². The first-order valence-corrected chi connectivity index (χ1v) is 12.0. The molecule has 3 aromatic rings. The predicted molar refractivity (Wildman–Crippen MR) is 134 cm³/mol. The maximum Gasteiger partial charge on any atom is 0.247 e. The van der Waals surface area contributed by atoms with Crippen LogP contribution in [0.4, 0.5) is 0 Å². The Hall–Kier alpha value is -3.74. The van der Waals surface area contributed by atoms with Gasteiger partial charge in [-0.15, -0.1) is 0 Å². The highest BCUT2D eigenvalue weighted by Crippen LogP contribution is 2.34. The third kappa shape index (κ3) is 6.04. The molecule has 182 valence electrons. The van der Waals surface area contributed by atoms with Crippen LogP contribution in [-0.4, -0.2) is 45.3 Å². The molecule has 1 unspecified atom stereocenters. The zero-order valence-corrected chi connectivity index (χ0v) is 20.5. The molecule has 0 bridgehead atoms. The van der Waals surface area contributed by atoms with Crippen LogP contribution in [0.15, 0.2) is 67.0 Å². The van der Waals surface area contributed by atoms with Crippen LogP contribution in [0, 0.1) is 6.92 Å². The lowest BCUT2D eigenvalue weighted by Crippen LogP contribution is -2.57. The Morgan fingerprint density at radius 3 is 2.54 bits per heavy atom. The highest BCUT2D eigenvalue weighted by Gasteiger charge is 2.37. The van der Waals surface area contributed by atoms with Crippen molar-refractivity contribution in [2.24, 2.45) is 0 Å². The van der Waals surface area contributed by atoms with Crippen LogP contribution in [-0.2, 0) is 16.0 Å². The van der Waals surface area contributed by atoms with E-state index >= 15 is 0 Å². The Bertz CT molecular complexity index is 1180. The largest absolute Gasteiger partial charge is 0.437 e. The van der Waals surface area contributed by atoms with E-state index in [9.17, 15) is 9.59 Å². The van der Waals surface area contributed by atoms with Gasteiger partial charge >= 0.3 is 0 Å². The number of ether oxygens (including phenoxy) is 1. The summed E-state index contributed by atoms with van der Waals surface area (Å²) in [5, 5.41) is 2.92. The molecule has 4 rings (SSSR count). The number of nitrogens with zero attached hydrogens (tertiary/aromatic N) is 3. The van der Waals surface area contributed by atoms with Gasteiger partial charge in [-0.25, -0.2) is 4.98 Å². The van der Waals surface area contributed by atoms with E-state index in [2.05, 4.69) is 15.3 Å². The highest BCUT2D eigenvalue weighted by molar-refractivity contribution is 5.91. The maximum atomic E-state index is 13.4. The number of hydrogen-bond acceptors (Lipinski definition) is 5. The van der Waals surface area contributed by atoms with Crippen LogP contribution in [0.3, 0.4) is 0 Å². The van der Waals surface area contributed by atoms with Crippen LogP contribution in [0.5, 0.6) is 11.6 Å². The molecule has 1 N–H and O–H groups in total. The number of aryl methyl sites for hydroxylation is 1. The van der Waals surface area contributed by atoms with E-state index in [-0.39, 0.29) is 24.2 Å². The second kappa shape index (κ2) is 10.7. The van der Waals surface area contributed by atoms with Crippen molar-refractivity contribution in [1.82, 2.24) is 20.2 Å². The van der Waals surface area contributed by atoms with Crippen molar-refractivity contribution in [3.63, 3.8) is 0 Å². The molecule has 7 nitrogen and oxygen atoms in total. The number of amides is 2. The van der Waals surface area contributed by atoms with Crippen molar-refractivity contribution in [3.8, 4) is 11.6 Å². The Balaban J connectivity index is 1.45. The number of rotatable bonds is 7. The number of carbonyl (C=O) groups is 2. The van der Waals surface area contributed by atoms with Gasteiger partial charge in [0, 0.05) is 31.4 Å². The second-order valence-electron chi connectivity index (χ2n) is 9.54. The van der Waals surface area contributed by atoms with Crippen molar-refractivity contribution in [2.75, 3.05) is 13.1 Å². The number of benzene rings is 2. The lowest BCUT2D eigenvalue weighted by molar-refractivity contribution is -0.141. The van der Waals surface area contributed by atoms with Gasteiger partial charge in [0.1, 0.15) is 17.0 Å². The summed E-state index contributed by atoms with van der Waals surface area (Å²) in [5.41, 5.74) is 1.66. The first-order valence-electron chi connectivity index (χ1n) is 12.0. The summed E-state index contributed by atoms with van der Waals surface area (Å²) in [5.74, 6) is 0.924. The summed E-state index contributed by atoms with van der Waals surface area (Å²) < 4.78 is 6.13. The van der Waals surface area contributed by atoms with Crippen molar-refractivity contribution in [2.45, 2.75) is 51.5 Å². The van der Waals surface area contributed by atoms with E-state index < -0.39 is 5.54 Å². The van der Waals surface area contributed by atoms with Gasteiger partial charge in [0.05, 0.1) is 6.42 Å². The molecule has 1 atom stereocenters. The molecule has 2 amide bonds. The lowest BCUT2D eigenvalue weighted by atomic mass is 9.92. The number of aromatic nitrogens is 2. The Morgan fingerprint density at radius 2 is 1.77 bits per heavy atom. The molecule has 1 aliphatic rings. The van der Waals surface area contributed by atoms with Crippen LogP contribution >= 0.6 is 0 Å². The van der Waals surface area contributed by atoms with Crippen LogP contribution in [0.1, 0.15) is 49.4 Å². The molecule has 1 fully saturated rings. The number of likely N-dealkylation sites (tertiary alicyclic amines) is 1. The fourth-order valence-electron chi connectivity index (χ4n) is 4.48. The standard InChI is InChI=1S/C28H32N4O3/c1-20-10-7-8-14-23(20)35-26-25(29-15-16-30-26)22-13-9-17-32(19-22)27(34)28(2,3)31-24(33)18-21-11-5-4-6-12-21/h4-8,10-12,14-16,22H,9,13,17-19H2,1-3H3,(H,31,33). The number of hydrogen-bond donors (Lipinski definition) is 1. The Morgan fingerprint density at radius 1 is 1.06 bits per heavy atom. The average Bonchev–Trinajstić information content (AvgIpc) is 2.85. The van der Waals surface area contributed by atoms with Crippen molar-refractivity contribution < 1.29 is 14.3 Å². The molecule has 0 aliphatic carbocycles. The van der Waals surface area contributed by atoms with Gasteiger partial charge in [0.25, 0.3) is 0 Å². The van der Waals surface area contributed by atoms with E-state index in [1.54, 1.807) is 26.2 Å². The van der Waals surface area contributed by atoms with Crippen molar-refractivity contribution >= 4 is 11.8 Å². The second-order valence-corrected chi connectivity index (χ2v) is 9.54. The smallest absolute Gasteiger partial charge is 0.247 e. The highest BCUT2D eigenvalue weighted by atomic mass is 16.5. The zero-order valence-electron chi connectivity index (χ0n) is 20.5. The fourth-order valence-corrected chi connectivity index (χ4v) is 4.48. The van der Waals surface area contributed by atoms with Gasteiger partial charge < -0.3 is 15.0 Å². The van der Waals surface area contributed by atoms with E-state index in [1.807, 2.05) is 66.4 Å². The SMILES string of the molecule is Cc1ccccc1Oc1nccnc1C1CCCN(C(=O)C(C)(C)NC(=O)Cc2ccccc2)C1. The molecule has 7 heteroatoms. The minimum absolute atomic E-state index is 0.00348. The molecule has 1 saturated heterocycles. The predicted octanol–water partition coefficient (Wildman–Crippen LogP) is 4.42. The van der Waals surface area contributed by atoms with Gasteiger partial charge in [-0.2, -0.15) is 0 Å². The fraction of sp³-hybridized carbons (Fsp3) is 0.357. The zero-order chi connectivity index (χ0) is 24.8. The monoisotopic (exact) mass is 472 g/mol. The van der Waals surface area contributed by atoms with Gasteiger partial charge in [-0.1, -0.05) is 48.5 Å². The minimum Gasteiger partial charge on any atom is -0.437 e. The molecule has 0 saturated carbocycles. The summed E-state index contributed by atoms with van der Waals surface area (Å²) >= 11 is 0. The number of carbonyl (C=O) groups excluding carboxylic acids is 2. The van der Waals surface area contributed by atoms with Crippen LogP contribution in [0.25, 0.3) is 0 Å². The van der Waals surface area contributed by atoms with E-state index in [0.29, 0.717) is 19.0 Å². The molecule has 1 aliphatic heterocycles. The molecule has 0 spiro atoms. The van der Waals surface area contributed by atoms with E-state index in [4.69, 9.17) is 4.74 Å². The third-order valence-corrected chi connectivity index (χ3v) is 6.28. The Kier molecular flexibility index (Phi) is 7.44. The lowest BCUT2D eigenvalue weighted by Gasteiger charge is -2.38. The van der Waals surface area contributed by atoms with E-state index in [1.165, 1.54) is 0 Å². The molecule has 2 heterocycles. The minimum atomic E-state index is -1.02. The van der Waals surface area contributed by atoms with Gasteiger partial charge in [-0.3, -0.25) is 14.6 Å². The van der Waals surface area contributed by atoms with Gasteiger partial charge in [-0.05, 0) is 50.8 Å². The molecule has 0 radical (unpaired) electrons. The summed E-state index contributed by atoms with van der Waals surface area (Å²) in [4.78, 5) is 36.9. The molecular formula is C28H32N4O3. The van der Waals surface area contributed by atoms with Crippen LogP contribution in [0.2, 0.25) is 0 Å². The Labute approximate surface area is 206 Å². The normalized spacial score (nSPS) is 16.0. The molecule has 1 aromatic heterocycles. The summed E-state index contributed by atoms with van der Waals surface area (Å²) in [6, 6.07) is 17.3. The third-order valence-electron chi connectivity index (χ3n) is 6.28. The number of para-hydroxylation sites is 1. The quantitative estimate of drug-likeness (QED) is 0.550. The summed E-state index contributed by atoms with van der Waals surface area (Å²) in [6.45, 7) is 6.65. The van der Waals surface area contributed by atoms with Gasteiger partial charge in [0.2, 0.25) is 17.7 Å². The maximum absolute atomic E-state index is 13.4. The van der Waals surface area contributed by atoms with E-state index in [0.717, 1.165) is 35.4 Å². The van der Waals surface area contributed by atoms with Gasteiger partial charge in [0.15, 0.2) is 0 Å². The summed E-state index contributed by atoms with van der Waals surface area (Å²) in [6.07, 6.45) is 5.24. The average molecular weight is 473 g/mol. The number of piperidine rings is 1. The number of nitrogens with one attached hydrogen (secondary N) is 1. The molecule has 2 aromatic carbocycles.